The summed E-state index contributed by atoms with van der Waals surface area (Å²) in [5.41, 5.74) is 11.2. The number of hydrogen-bond donors (Lipinski definition) is 1. The highest BCUT2D eigenvalue weighted by Gasteiger charge is 2.09. The van der Waals surface area contributed by atoms with Crippen LogP contribution in [0.25, 0.3) is 10.9 Å². The number of nitrogens with two attached hydrogens (primary N) is 1. The van der Waals surface area contributed by atoms with Gasteiger partial charge in [0.15, 0.2) is 0 Å². The van der Waals surface area contributed by atoms with Crippen LogP contribution in [0.15, 0.2) is 18.3 Å². The van der Waals surface area contributed by atoms with E-state index in [0.29, 0.717) is 0 Å². The summed E-state index contributed by atoms with van der Waals surface area (Å²) in [4.78, 5) is 0. The van der Waals surface area contributed by atoms with Crippen LogP contribution in [0.1, 0.15) is 30.0 Å². The molecule has 2 heteroatoms. The average Bonchev–Trinajstić information content (AvgIpc) is 2.64. The molecular formula is C15H22N2. The largest absolute Gasteiger partial charge is 0.347 e. The summed E-state index contributed by atoms with van der Waals surface area (Å²) in [6.07, 6.45) is 4.43. The van der Waals surface area contributed by atoms with Gasteiger partial charge in [0.1, 0.15) is 0 Å². The highest BCUT2D eigenvalue weighted by Crippen LogP contribution is 2.26. The maximum Gasteiger partial charge on any atom is 0.0513 e. The van der Waals surface area contributed by atoms with Crippen LogP contribution in [0.3, 0.4) is 0 Å². The van der Waals surface area contributed by atoms with Gasteiger partial charge in [-0.2, -0.15) is 0 Å². The molecular weight excluding hydrogens is 208 g/mol. The van der Waals surface area contributed by atoms with Gasteiger partial charge in [0.05, 0.1) is 5.52 Å². The molecule has 0 aliphatic carbocycles. The number of hydrogen-bond acceptors (Lipinski definition) is 1. The molecule has 1 aromatic carbocycles. The Morgan fingerprint density at radius 3 is 2.65 bits per heavy atom. The van der Waals surface area contributed by atoms with Crippen molar-refractivity contribution in [2.24, 2.45) is 5.73 Å². The molecule has 1 aromatic heterocycles. The van der Waals surface area contributed by atoms with Gasteiger partial charge in [0.2, 0.25) is 0 Å². The molecule has 0 saturated carbocycles. The van der Waals surface area contributed by atoms with Crippen LogP contribution < -0.4 is 5.73 Å². The fraction of sp³-hybridized carbons (Fsp3) is 0.467. The van der Waals surface area contributed by atoms with Crippen molar-refractivity contribution >= 4 is 10.9 Å². The highest BCUT2D eigenvalue weighted by atomic mass is 15.0. The van der Waals surface area contributed by atoms with E-state index in [0.717, 1.165) is 25.9 Å². The SMILES string of the molecule is CCc1cn(CCCN)c2c(C)cc(C)cc12. The first-order chi connectivity index (χ1) is 8.17. The van der Waals surface area contributed by atoms with E-state index >= 15 is 0 Å². The van der Waals surface area contributed by atoms with E-state index in [4.69, 9.17) is 5.73 Å². The van der Waals surface area contributed by atoms with Gasteiger partial charge >= 0.3 is 0 Å². The van der Waals surface area contributed by atoms with Gasteiger partial charge in [-0.25, -0.2) is 0 Å². The first kappa shape index (κ1) is 12.2. The Balaban J connectivity index is 2.60. The Bertz CT molecular complexity index is 523. The molecule has 2 nitrogen and oxygen atoms in total. The fourth-order valence-corrected chi connectivity index (χ4v) is 2.63. The second-order valence-corrected chi connectivity index (χ2v) is 4.82. The molecule has 0 spiro atoms. The smallest absolute Gasteiger partial charge is 0.0513 e. The zero-order chi connectivity index (χ0) is 12.4. The summed E-state index contributed by atoms with van der Waals surface area (Å²) >= 11 is 0. The predicted molar refractivity (Wildman–Crippen MR) is 74.5 cm³/mol. The highest BCUT2D eigenvalue weighted by molar-refractivity contribution is 5.87. The Morgan fingerprint density at radius 2 is 2.00 bits per heavy atom. The number of aromatic nitrogens is 1. The molecule has 0 radical (unpaired) electrons. The van der Waals surface area contributed by atoms with E-state index in [1.165, 1.54) is 27.6 Å². The van der Waals surface area contributed by atoms with Crippen molar-refractivity contribution < 1.29 is 0 Å². The summed E-state index contributed by atoms with van der Waals surface area (Å²) in [5, 5.41) is 1.42. The number of aryl methyl sites for hydroxylation is 4. The van der Waals surface area contributed by atoms with Crippen molar-refractivity contribution in [1.82, 2.24) is 4.57 Å². The standard InChI is InChI=1S/C15H22N2/c1-4-13-10-17(7-5-6-16)15-12(3)8-11(2)9-14(13)15/h8-10H,4-7,16H2,1-3H3. The van der Waals surface area contributed by atoms with Gasteiger partial charge in [-0.3, -0.25) is 0 Å². The summed E-state index contributed by atoms with van der Waals surface area (Å²) in [5.74, 6) is 0. The summed E-state index contributed by atoms with van der Waals surface area (Å²) in [7, 11) is 0. The van der Waals surface area contributed by atoms with Crippen LogP contribution in [0.2, 0.25) is 0 Å². The van der Waals surface area contributed by atoms with Gasteiger partial charge in [0, 0.05) is 18.1 Å². The van der Waals surface area contributed by atoms with Gasteiger partial charge in [0.25, 0.3) is 0 Å². The third kappa shape index (κ3) is 2.22. The molecule has 0 saturated heterocycles. The van der Waals surface area contributed by atoms with E-state index in [-0.39, 0.29) is 0 Å². The van der Waals surface area contributed by atoms with Crippen LogP contribution in [0, 0.1) is 13.8 Å². The molecule has 2 N–H and O–H groups in total. The molecule has 0 bridgehead atoms. The van der Waals surface area contributed by atoms with E-state index in [2.05, 4.69) is 43.7 Å². The first-order valence-electron chi connectivity index (χ1n) is 6.46. The second-order valence-electron chi connectivity index (χ2n) is 4.82. The van der Waals surface area contributed by atoms with Crippen molar-refractivity contribution in [2.75, 3.05) is 6.54 Å². The van der Waals surface area contributed by atoms with E-state index in [1.54, 1.807) is 0 Å². The van der Waals surface area contributed by atoms with Gasteiger partial charge in [-0.05, 0) is 50.4 Å². The molecule has 0 atom stereocenters. The normalized spacial score (nSPS) is 11.3. The molecule has 0 unspecified atom stereocenters. The predicted octanol–water partition coefficient (Wildman–Crippen LogP) is 3.17. The van der Waals surface area contributed by atoms with Crippen molar-refractivity contribution in [1.29, 1.82) is 0 Å². The topological polar surface area (TPSA) is 30.9 Å². The zero-order valence-corrected chi connectivity index (χ0v) is 11.1. The molecule has 92 valence electrons. The minimum Gasteiger partial charge on any atom is -0.347 e. The fourth-order valence-electron chi connectivity index (χ4n) is 2.63. The average molecular weight is 230 g/mol. The van der Waals surface area contributed by atoms with Crippen LogP contribution in [0.5, 0.6) is 0 Å². The van der Waals surface area contributed by atoms with E-state index in [9.17, 15) is 0 Å². The number of rotatable bonds is 4. The molecule has 0 fully saturated rings. The lowest BCUT2D eigenvalue weighted by Gasteiger charge is -2.07. The summed E-state index contributed by atoms with van der Waals surface area (Å²) < 4.78 is 2.37. The molecule has 0 aliphatic heterocycles. The number of fused-ring (bicyclic) bond motifs is 1. The minimum atomic E-state index is 0.756. The molecule has 2 rings (SSSR count). The lowest BCUT2D eigenvalue weighted by atomic mass is 10.0. The second kappa shape index (κ2) is 4.92. The van der Waals surface area contributed by atoms with Crippen molar-refractivity contribution in [3.63, 3.8) is 0 Å². The number of nitrogens with zero attached hydrogens (tertiary/aromatic N) is 1. The van der Waals surface area contributed by atoms with Crippen molar-refractivity contribution in [3.8, 4) is 0 Å². The van der Waals surface area contributed by atoms with E-state index < -0.39 is 0 Å². The lowest BCUT2D eigenvalue weighted by Crippen LogP contribution is -2.05. The molecule has 17 heavy (non-hydrogen) atoms. The molecule has 0 aliphatic rings. The van der Waals surface area contributed by atoms with Crippen molar-refractivity contribution in [2.45, 2.75) is 40.2 Å². The molecule has 1 heterocycles. The quantitative estimate of drug-likeness (QED) is 0.859. The van der Waals surface area contributed by atoms with Crippen LogP contribution >= 0.6 is 0 Å². The molecule has 2 aromatic rings. The van der Waals surface area contributed by atoms with Crippen LogP contribution in [0.4, 0.5) is 0 Å². The van der Waals surface area contributed by atoms with Crippen LogP contribution in [-0.2, 0) is 13.0 Å². The van der Waals surface area contributed by atoms with Crippen LogP contribution in [-0.4, -0.2) is 11.1 Å². The van der Waals surface area contributed by atoms with E-state index in [1.807, 2.05) is 0 Å². The third-order valence-corrected chi connectivity index (χ3v) is 3.37. The Hall–Kier alpha value is -1.28. The Kier molecular flexibility index (Phi) is 3.53. The molecule has 0 amide bonds. The first-order valence-corrected chi connectivity index (χ1v) is 6.46. The van der Waals surface area contributed by atoms with Gasteiger partial charge < -0.3 is 10.3 Å². The maximum absolute atomic E-state index is 5.61. The Morgan fingerprint density at radius 1 is 1.24 bits per heavy atom. The van der Waals surface area contributed by atoms with Crippen molar-refractivity contribution in [3.05, 3.63) is 35.0 Å². The van der Waals surface area contributed by atoms with Gasteiger partial charge in [-0.1, -0.05) is 18.6 Å². The maximum atomic E-state index is 5.61. The third-order valence-electron chi connectivity index (χ3n) is 3.37. The van der Waals surface area contributed by atoms with Gasteiger partial charge in [-0.15, -0.1) is 0 Å². The lowest BCUT2D eigenvalue weighted by molar-refractivity contribution is 0.668. The monoisotopic (exact) mass is 230 g/mol. The minimum absolute atomic E-state index is 0.756. The Labute approximate surface area is 103 Å². The number of benzene rings is 1. The summed E-state index contributed by atoms with van der Waals surface area (Å²) in [6, 6.07) is 4.57. The summed E-state index contributed by atoms with van der Waals surface area (Å²) in [6.45, 7) is 8.37. The zero-order valence-electron chi connectivity index (χ0n) is 11.1.